The first-order valence-electron chi connectivity index (χ1n) is 9.81. The van der Waals surface area contributed by atoms with Gasteiger partial charge in [0.25, 0.3) is 11.7 Å². The van der Waals surface area contributed by atoms with E-state index in [2.05, 4.69) is 13.8 Å². The van der Waals surface area contributed by atoms with Crippen LogP contribution >= 0.6 is 11.3 Å². The number of likely N-dealkylation sites (N-methyl/N-ethyl adjacent to an activating group) is 1. The van der Waals surface area contributed by atoms with Gasteiger partial charge in [0.05, 0.1) is 44.9 Å². The van der Waals surface area contributed by atoms with Crippen molar-refractivity contribution < 1.29 is 24.3 Å². The summed E-state index contributed by atoms with van der Waals surface area (Å²) in [4.78, 5) is 29.6. The van der Waals surface area contributed by atoms with Gasteiger partial charge in [0.2, 0.25) is 0 Å². The molecule has 1 aromatic heterocycles. The van der Waals surface area contributed by atoms with Gasteiger partial charge < -0.3 is 19.6 Å². The molecule has 3 rings (SSSR count). The minimum Gasteiger partial charge on any atom is -0.507 e. The Morgan fingerprint density at radius 1 is 1.21 bits per heavy atom. The lowest BCUT2D eigenvalue weighted by atomic mass is 10.00. The Hall–Kier alpha value is -2.64. The molecule has 1 fully saturated rings. The van der Waals surface area contributed by atoms with Gasteiger partial charge in [-0.15, -0.1) is 11.3 Å². The third-order valence-electron chi connectivity index (χ3n) is 5.40. The molecule has 2 heterocycles. The van der Waals surface area contributed by atoms with Gasteiger partial charge in [-0.1, -0.05) is 18.2 Å². The Balaban J connectivity index is 2.05. The number of likely N-dealkylation sites (tertiary alicyclic amines) is 1. The number of rotatable bonds is 8. The van der Waals surface area contributed by atoms with Crippen LogP contribution in [0.15, 0.2) is 47.4 Å². The molecule has 6 nitrogen and oxygen atoms in total. The zero-order valence-electron chi connectivity index (χ0n) is 17.0. The fourth-order valence-corrected chi connectivity index (χ4v) is 4.51. The molecule has 0 aliphatic carbocycles. The second-order valence-electron chi connectivity index (χ2n) is 6.95. The van der Waals surface area contributed by atoms with Crippen molar-refractivity contribution >= 4 is 28.8 Å². The van der Waals surface area contributed by atoms with E-state index in [4.69, 9.17) is 4.74 Å². The number of aliphatic hydroxyl groups excluding tert-OH is 1. The molecule has 29 heavy (non-hydrogen) atoms. The summed E-state index contributed by atoms with van der Waals surface area (Å²) in [5.74, 6) is -0.794. The normalized spacial score (nSPS) is 18.6. The van der Waals surface area contributed by atoms with E-state index in [1.165, 1.54) is 16.2 Å². The Morgan fingerprint density at radius 2 is 1.97 bits per heavy atom. The number of ether oxygens (including phenoxy) is 1. The van der Waals surface area contributed by atoms with E-state index in [1.54, 1.807) is 36.3 Å². The summed E-state index contributed by atoms with van der Waals surface area (Å²) < 4.78 is 5.23. The molecule has 1 saturated heterocycles. The van der Waals surface area contributed by atoms with Crippen LogP contribution in [0.5, 0.6) is 5.75 Å². The van der Waals surface area contributed by atoms with Crippen molar-refractivity contribution in [1.82, 2.24) is 4.90 Å². The second kappa shape index (κ2) is 9.24. The molecular weight excluding hydrogens is 388 g/mol. The van der Waals surface area contributed by atoms with Crippen molar-refractivity contribution in [2.24, 2.45) is 0 Å². The Morgan fingerprint density at radius 3 is 2.59 bits per heavy atom. The summed E-state index contributed by atoms with van der Waals surface area (Å²) in [7, 11) is 1.54. The lowest BCUT2D eigenvalue weighted by Crippen LogP contribution is -3.12. The second-order valence-corrected chi connectivity index (χ2v) is 7.93. The summed E-state index contributed by atoms with van der Waals surface area (Å²) in [5.41, 5.74) is 0.596. The van der Waals surface area contributed by atoms with E-state index in [-0.39, 0.29) is 11.3 Å². The highest BCUT2D eigenvalue weighted by Crippen LogP contribution is 2.41. The first-order chi connectivity index (χ1) is 14.0. The summed E-state index contributed by atoms with van der Waals surface area (Å²) >= 11 is 1.47. The fourth-order valence-electron chi connectivity index (χ4n) is 3.66. The molecule has 1 atom stereocenters. The number of quaternary nitrogens is 1. The molecule has 2 aromatic rings. The van der Waals surface area contributed by atoms with E-state index in [9.17, 15) is 14.7 Å². The number of thiophene rings is 1. The van der Waals surface area contributed by atoms with Gasteiger partial charge in [0, 0.05) is 10.4 Å². The molecule has 1 aromatic carbocycles. The standard InChI is InChI=1S/C22H26N2O4S/c1-4-23(5-2)11-12-24-19(17-10-7-13-29-17)18(21(26)22(24)27)20(25)15-8-6-9-16(14-15)28-3/h6-10,13-14,19,25H,4-5,11-12H2,1-3H3/p+1/t19-/m0/s1. The van der Waals surface area contributed by atoms with Gasteiger partial charge in [0.15, 0.2) is 0 Å². The summed E-state index contributed by atoms with van der Waals surface area (Å²) in [6.07, 6.45) is 0. The number of benzene rings is 1. The maximum Gasteiger partial charge on any atom is 0.295 e. The Kier molecular flexibility index (Phi) is 6.71. The van der Waals surface area contributed by atoms with Crippen molar-refractivity contribution in [2.75, 3.05) is 33.3 Å². The third-order valence-corrected chi connectivity index (χ3v) is 6.33. The lowest BCUT2D eigenvalue weighted by Gasteiger charge is -2.25. The monoisotopic (exact) mass is 415 g/mol. The third kappa shape index (κ3) is 4.21. The molecule has 1 aliphatic heterocycles. The molecule has 1 amide bonds. The first kappa shape index (κ1) is 21.1. The van der Waals surface area contributed by atoms with Crippen molar-refractivity contribution in [3.05, 3.63) is 57.8 Å². The number of ketones is 1. The average Bonchev–Trinajstić information content (AvgIpc) is 3.36. The van der Waals surface area contributed by atoms with Crippen LogP contribution in [0.25, 0.3) is 5.76 Å². The van der Waals surface area contributed by atoms with Crippen LogP contribution in [0, 0.1) is 0 Å². The fraction of sp³-hybridized carbons (Fsp3) is 0.364. The molecule has 7 heteroatoms. The van der Waals surface area contributed by atoms with Gasteiger partial charge >= 0.3 is 0 Å². The number of methoxy groups -OCH3 is 1. The Labute approximate surface area is 175 Å². The first-order valence-corrected chi connectivity index (χ1v) is 10.7. The number of carbonyl (C=O) groups excluding carboxylic acids is 2. The lowest BCUT2D eigenvalue weighted by molar-refractivity contribution is -0.895. The summed E-state index contributed by atoms with van der Waals surface area (Å²) in [6, 6.07) is 10.1. The molecule has 0 radical (unpaired) electrons. The van der Waals surface area contributed by atoms with Crippen LogP contribution < -0.4 is 9.64 Å². The van der Waals surface area contributed by atoms with E-state index in [1.807, 2.05) is 17.5 Å². The molecule has 0 saturated carbocycles. The van der Waals surface area contributed by atoms with E-state index >= 15 is 0 Å². The molecule has 0 spiro atoms. The van der Waals surface area contributed by atoms with E-state index in [0.29, 0.717) is 17.9 Å². The quantitative estimate of drug-likeness (QED) is 0.394. The van der Waals surface area contributed by atoms with Crippen LogP contribution in [-0.4, -0.2) is 55.0 Å². The number of hydrogen-bond donors (Lipinski definition) is 2. The van der Waals surface area contributed by atoms with Gasteiger partial charge in [-0.2, -0.15) is 0 Å². The number of hydrogen-bond acceptors (Lipinski definition) is 5. The molecule has 0 bridgehead atoms. The SMILES string of the molecule is CC[NH+](CC)CCN1C(=O)C(=O)C(=C(O)c2cccc(OC)c2)[C@@H]1c1cccs1. The summed E-state index contributed by atoms with van der Waals surface area (Å²) in [6.45, 7) is 7.32. The largest absolute Gasteiger partial charge is 0.507 e. The minimum atomic E-state index is -0.640. The summed E-state index contributed by atoms with van der Waals surface area (Å²) in [5, 5.41) is 12.9. The number of nitrogens with one attached hydrogen (secondary N) is 1. The molecule has 1 aliphatic rings. The molecule has 0 unspecified atom stereocenters. The van der Waals surface area contributed by atoms with Crippen LogP contribution in [-0.2, 0) is 9.59 Å². The van der Waals surface area contributed by atoms with Crippen LogP contribution in [0.2, 0.25) is 0 Å². The number of nitrogens with zero attached hydrogens (tertiary/aromatic N) is 1. The predicted molar refractivity (Wildman–Crippen MR) is 113 cm³/mol. The predicted octanol–water partition coefficient (Wildman–Crippen LogP) is 2.10. The smallest absolute Gasteiger partial charge is 0.295 e. The van der Waals surface area contributed by atoms with Crippen molar-refractivity contribution in [3.63, 3.8) is 0 Å². The van der Waals surface area contributed by atoms with Crippen LogP contribution in [0.1, 0.15) is 30.3 Å². The number of amides is 1. The maximum absolute atomic E-state index is 12.9. The highest BCUT2D eigenvalue weighted by atomic mass is 32.1. The number of carbonyl (C=O) groups is 2. The highest BCUT2D eigenvalue weighted by Gasteiger charge is 2.46. The van der Waals surface area contributed by atoms with Crippen LogP contribution in [0.3, 0.4) is 0 Å². The van der Waals surface area contributed by atoms with Crippen molar-refractivity contribution in [2.45, 2.75) is 19.9 Å². The average molecular weight is 416 g/mol. The van der Waals surface area contributed by atoms with E-state index in [0.717, 1.165) is 24.5 Å². The number of Topliss-reactive ketones (excluding diaryl/α,β-unsaturated/α-hetero) is 1. The zero-order valence-corrected chi connectivity index (χ0v) is 17.8. The van der Waals surface area contributed by atoms with Gasteiger partial charge in [-0.05, 0) is 37.4 Å². The van der Waals surface area contributed by atoms with Crippen molar-refractivity contribution in [3.8, 4) is 5.75 Å². The molecule has 2 N–H and O–H groups in total. The van der Waals surface area contributed by atoms with Gasteiger partial charge in [0.1, 0.15) is 11.5 Å². The van der Waals surface area contributed by atoms with Gasteiger partial charge in [-0.25, -0.2) is 0 Å². The maximum atomic E-state index is 12.9. The van der Waals surface area contributed by atoms with E-state index < -0.39 is 17.7 Å². The highest BCUT2D eigenvalue weighted by molar-refractivity contribution is 7.10. The van der Waals surface area contributed by atoms with Crippen LogP contribution in [0.4, 0.5) is 0 Å². The van der Waals surface area contributed by atoms with Gasteiger partial charge in [-0.3, -0.25) is 9.59 Å². The number of aliphatic hydroxyl groups is 1. The minimum absolute atomic E-state index is 0.139. The zero-order chi connectivity index (χ0) is 21.0. The molecular formula is C22H27N2O4S+. The molecule has 154 valence electrons. The van der Waals surface area contributed by atoms with Crippen molar-refractivity contribution in [1.29, 1.82) is 0 Å². The Bertz CT molecular complexity index is 903. The topological polar surface area (TPSA) is 71.3 Å².